The molecule has 12 nitrogen and oxygen atoms in total. The lowest BCUT2D eigenvalue weighted by atomic mass is 9.90. The molecule has 1 N–H and O–H groups in total. The molecule has 6 heterocycles. The molecule has 15 heteroatoms. The van der Waals surface area contributed by atoms with Gasteiger partial charge in [-0.1, -0.05) is 0 Å². The van der Waals surface area contributed by atoms with Gasteiger partial charge in [0.15, 0.2) is 5.65 Å². The van der Waals surface area contributed by atoms with Gasteiger partial charge in [-0.15, -0.1) is 5.10 Å². The largest absolute Gasteiger partial charge is 0.389 e. The van der Waals surface area contributed by atoms with E-state index in [4.69, 9.17) is 4.98 Å². The molecule has 0 spiro atoms. The first-order chi connectivity index (χ1) is 20.6. The number of carbonyl (C=O) groups excluding carboxylic acids is 2. The first-order valence-electron chi connectivity index (χ1n) is 14.8. The smallest absolute Gasteiger partial charge is 0.364 e. The van der Waals surface area contributed by atoms with E-state index in [1.807, 2.05) is 31.0 Å². The molecule has 2 unspecified atom stereocenters. The molecule has 0 aliphatic carbocycles. The predicted octanol–water partition coefficient (Wildman–Crippen LogP) is 2.92. The normalized spacial score (nSPS) is 22.2. The van der Waals surface area contributed by atoms with Crippen LogP contribution in [0, 0.1) is 0 Å². The molecule has 0 radical (unpaired) electrons. The van der Waals surface area contributed by atoms with Crippen LogP contribution in [0.1, 0.15) is 45.1 Å². The van der Waals surface area contributed by atoms with Crippen molar-refractivity contribution >= 4 is 34.8 Å². The zero-order valence-electron chi connectivity index (χ0n) is 24.4. The lowest BCUT2D eigenvalue weighted by Crippen LogP contribution is -2.62. The Hall–Kier alpha value is -3.88. The third-order valence-electron chi connectivity index (χ3n) is 8.74. The average molecular weight is 603 g/mol. The highest BCUT2D eigenvalue weighted by atomic mass is 19.4. The number of hydrogen-bond acceptors (Lipinski definition) is 8. The number of pyridine rings is 1. The second kappa shape index (κ2) is 11.7. The molecule has 3 aliphatic rings. The summed E-state index contributed by atoms with van der Waals surface area (Å²) in [6.07, 6.45) is 1.71. The van der Waals surface area contributed by atoms with Gasteiger partial charge in [-0.2, -0.15) is 23.3 Å². The Labute approximate surface area is 247 Å². The number of nitrogens with one attached hydrogen (secondary N) is 1. The van der Waals surface area contributed by atoms with Crippen molar-refractivity contribution in [2.24, 2.45) is 0 Å². The average Bonchev–Trinajstić information content (AvgIpc) is 3.61. The van der Waals surface area contributed by atoms with Gasteiger partial charge in [0.25, 0.3) is 0 Å². The zero-order chi connectivity index (χ0) is 30.3. The van der Waals surface area contributed by atoms with E-state index in [9.17, 15) is 22.8 Å². The Balaban J connectivity index is 1.14. The number of alkyl halides is 3. The van der Waals surface area contributed by atoms with E-state index < -0.39 is 31.0 Å². The highest BCUT2D eigenvalue weighted by Gasteiger charge is 2.41. The third kappa shape index (κ3) is 6.26. The molecular weight excluding hydrogens is 565 g/mol. The molecule has 232 valence electrons. The van der Waals surface area contributed by atoms with Gasteiger partial charge < -0.3 is 24.9 Å². The number of anilines is 3. The van der Waals surface area contributed by atoms with E-state index in [1.165, 1.54) is 0 Å². The molecule has 3 aromatic heterocycles. The van der Waals surface area contributed by atoms with E-state index in [1.54, 1.807) is 32.7 Å². The number of fused-ring (bicyclic) bond motifs is 3. The van der Waals surface area contributed by atoms with Crippen molar-refractivity contribution in [2.45, 2.75) is 63.3 Å². The van der Waals surface area contributed by atoms with Gasteiger partial charge in [-0.3, -0.25) is 14.3 Å². The first kappa shape index (κ1) is 29.2. The minimum atomic E-state index is -4.35. The molecule has 3 aliphatic heterocycles. The van der Waals surface area contributed by atoms with Crippen molar-refractivity contribution in [3.05, 3.63) is 30.7 Å². The Morgan fingerprint density at radius 3 is 2.53 bits per heavy atom. The summed E-state index contributed by atoms with van der Waals surface area (Å²) in [4.78, 5) is 38.5. The van der Waals surface area contributed by atoms with Gasteiger partial charge in [0, 0.05) is 70.2 Å². The van der Waals surface area contributed by atoms with Crippen LogP contribution in [0.2, 0.25) is 0 Å². The standard InChI is InChI=1S/C28H37F3N10O2/c1-19(26(43)37-13-11-36(2)12-14-37)40-16-20(15-32-40)33-27-34-25-23(7-4-10-39(25)35-27)38-17-21-5-3-6-22(18-38)41(21)24(42)8-9-28(29,30)31/h4,7,10,15-16,19,21-22H,3,5-6,8-9,11-14,17-18H2,1-2H3,(H,33,35)/t19?,21-,22?/m0/s1. The van der Waals surface area contributed by atoms with Crippen molar-refractivity contribution in [1.29, 1.82) is 0 Å². The second-order valence-electron chi connectivity index (χ2n) is 11.8. The quantitative estimate of drug-likeness (QED) is 0.440. The van der Waals surface area contributed by atoms with Crippen molar-refractivity contribution in [1.82, 2.24) is 39.1 Å². The lowest BCUT2D eigenvalue weighted by molar-refractivity contribution is -0.153. The molecular formula is C28H37F3N10O2. The van der Waals surface area contributed by atoms with Gasteiger partial charge in [-0.05, 0) is 45.4 Å². The van der Waals surface area contributed by atoms with Crippen molar-refractivity contribution < 1.29 is 22.8 Å². The van der Waals surface area contributed by atoms with Crippen LogP contribution in [0.4, 0.5) is 30.5 Å². The monoisotopic (exact) mass is 602 g/mol. The van der Waals surface area contributed by atoms with Crippen LogP contribution in [0.15, 0.2) is 30.7 Å². The fourth-order valence-corrected chi connectivity index (χ4v) is 6.43. The summed E-state index contributed by atoms with van der Waals surface area (Å²) in [7, 11) is 2.05. The topological polar surface area (TPSA) is 107 Å². The van der Waals surface area contributed by atoms with Crippen LogP contribution in [0.3, 0.4) is 0 Å². The summed E-state index contributed by atoms with van der Waals surface area (Å²) in [5.41, 5.74) is 2.13. The minimum absolute atomic E-state index is 0.0326. The van der Waals surface area contributed by atoms with Crippen LogP contribution in [-0.4, -0.2) is 115 Å². The highest BCUT2D eigenvalue weighted by Crippen LogP contribution is 2.34. The summed E-state index contributed by atoms with van der Waals surface area (Å²) in [6, 6.07) is 3.10. The Morgan fingerprint density at radius 1 is 1.12 bits per heavy atom. The summed E-state index contributed by atoms with van der Waals surface area (Å²) in [5.74, 6) is -0.0182. The number of carbonyl (C=O) groups is 2. The molecule has 2 amide bonds. The van der Waals surface area contributed by atoms with Gasteiger partial charge in [0.2, 0.25) is 17.8 Å². The molecule has 6 rings (SSSR count). The van der Waals surface area contributed by atoms with Crippen molar-refractivity contribution in [3.8, 4) is 0 Å². The predicted molar refractivity (Wildman–Crippen MR) is 153 cm³/mol. The number of amides is 2. The fraction of sp³-hybridized carbons (Fsp3) is 0.607. The Kier molecular flexibility index (Phi) is 7.92. The van der Waals surface area contributed by atoms with Crippen LogP contribution < -0.4 is 10.2 Å². The summed E-state index contributed by atoms with van der Waals surface area (Å²) >= 11 is 0. The molecule has 43 heavy (non-hydrogen) atoms. The number of nitrogens with zero attached hydrogens (tertiary/aromatic N) is 9. The van der Waals surface area contributed by atoms with E-state index in [2.05, 4.69) is 25.3 Å². The fourth-order valence-electron chi connectivity index (χ4n) is 6.43. The molecule has 3 saturated heterocycles. The van der Waals surface area contributed by atoms with E-state index in [0.717, 1.165) is 38.0 Å². The number of aromatic nitrogens is 5. The zero-order valence-corrected chi connectivity index (χ0v) is 24.4. The molecule has 2 bridgehead atoms. The number of piperazine rings is 2. The molecule has 3 aromatic rings. The SMILES string of the molecule is CC(C(=O)N1CCN(C)CC1)n1cc(Nc2nc3c(N4CC5CCC[C@@H](C4)N5C(=O)CCC(F)(F)F)cccn3n2)cn1. The highest BCUT2D eigenvalue weighted by molar-refractivity contribution is 5.80. The Bertz CT molecular complexity index is 1450. The minimum Gasteiger partial charge on any atom is -0.364 e. The number of hydrogen-bond donors (Lipinski definition) is 1. The van der Waals surface area contributed by atoms with Crippen LogP contribution in [0.25, 0.3) is 5.65 Å². The summed E-state index contributed by atoms with van der Waals surface area (Å²) in [5, 5.41) is 12.2. The number of piperidine rings is 1. The Morgan fingerprint density at radius 2 is 1.84 bits per heavy atom. The summed E-state index contributed by atoms with van der Waals surface area (Å²) < 4.78 is 41.6. The maximum Gasteiger partial charge on any atom is 0.389 e. The maximum absolute atomic E-state index is 13.0. The number of halogens is 3. The van der Waals surface area contributed by atoms with E-state index in [0.29, 0.717) is 43.5 Å². The second-order valence-corrected chi connectivity index (χ2v) is 11.8. The van der Waals surface area contributed by atoms with Gasteiger partial charge in [0.1, 0.15) is 6.04 Å². The molecule has 3 atom stereocenters. The van der Waals surface area contributed by atoms with E-state index in [-0.39, 0.29) is 18.0 Å². The summed E-state index contributed by atoms with van der Waals surface area (Å²) in [6.45, 7) is 5.98. The lowest BCUT2D eigenvalue weighted by Gasteiger charge is -2.50. The van der Waals surface area contributed by atoms with Crippen molar-refractivity contribution in [3.63, 3.8) is 0 Å². The number of likely N-dealkylation sites (N-methyl/N-ethyl adjacent to an activating group) is 1. The van der Waals surface area contributed by atoms with Crippen LogP contribution in [0.5, 0.6) is 0 Å². The van der Waals surface area contributed by atoms with E-state index >= 15 is 0 Å². The third-order valence-corrected chi connectivity index (χ3v) is 8.74. The van der Waals surface area contributed by atoms with Crippen molar-refractivity contribution in [2.75, 3.05) is 56.5 Å². The van der Waals surface area contributed by atoms with Gasteiger partial charge in [-0.25, -0.2) is 4.52 Å². The number of rotatable bonds is 7. The molecule has 3 fully saturated rings. The molecule has 0 saturated carbocycles. The maximum atomic E-state index is 13.0. The van der Waals surface area contributed by atoms with Gasteiger partial charge in [0.05, 0.1) is 24.0 Å². The molecule has 0 aromatic carbocycles. The van der Waals surface area contributed by atoms with Crippen LogP contribution in [-0.2, 0) is 9.59 Å². The first-order valence-corrected chi connectivity index (χ1v) is 14.8. The van der Waals surface area contributed by atoms with Crippen LogP contribution >= 0.6 is 0 Å². The van der Waals surface area contributed by atoms with Gasteiger partial charge >= 0.3 is 6.18 Å².